The first kappa shape index (κ1) is 22.3. The number of amides is 1. The number of methoxy groups -OCH3 is 2. The normalized spacial score (nSPS) is 16.8. The molecule has 2 heterocycles. The first-order valence-corrected chi connectivity index (χ1v) is 10.8. The molecule has 1 amide bonds. The molecule has 7 heteroatoms. The zero-order valence-corrected chi connectivity index (χ0v) is 18.9. The summed E-state index contributed by atoms with van der Waals surface area (Å²) in [7, 11) is 3.00. The Bertz CT molecular complexity index is 1130. The Kier molecular flexibility index (Phi) is 6.58. The van der Waals surface area contributed by atoms with E-state index in [9.17, 15) is 9.59 Å². The average Bonchev–Trinajstić information content (AvgIpc) is 2.84. The smallest absolute Gasteiger partial charge is 0.224 e. The Morgan fingerprint density at radius 2 is 1.64 bits per heavy atom. The Morgan fingerprint density at radius 1 is 1.00 bits per heavy atom. The van der Waals surface area contributed by atoms with Crippen LogP contribution in [-0.2, 0) is 4.79 Å². The number of nitrogens with zero attached hydrogens (tertiary/aromatic N) is 2. The highest BCUT2D eigenvalue weighted by Crippen LogP contribution is 2.40. The van der Waals surface area contributed by atoms with E-state index in [-0.39, 0.29) is 30.2 Å². The van der Waals surface area contributed by atoms with Gasteiger partial charge in [-0.3, -0.25) is 9.59 Å². The molecule has 0 bridgehead atoms. The molecular weight excluding hydrogens is 418 g/mol. The SMILES string of the molecule is COc1cc(C(=O)CC2CC(N(C(C)=O)c3ccccc3)c3ccccc3N2)cc(OC)n1. The third-order valence-corrected chi connectivity index (χ3v) is 5.82. The summed E-state index contributed by atoms with van der Waals surface area (Å²) < 4.78 is 10.4. The van der Waals surface area contributed by atoms with Gasteiger partial charge in [0.2, 0.25) is 17.7 Å². The van der Waals surface area contributed by atoms with Crippen LogP contribution in [-0.4, -0.2) is 36.9 Å². The minimum absolute atomic E-state index is 0.0448. The van der Waals surface area contributed by atoms with Crippen molar-refractivity contribution in [2.24, 2.45) is 0 Å². The summed E-state index contributed by atoms with van der Waals surface area (Å²) in [5.74, 6) is 0.545. The number of carbonyl (C=O) groups excluding carboxylic acids is 2. The van der Waals surface area contributed by atoms with E-state index in [0.29, 0.717) is 23.7 Å². The van der Waals surface area contributed by atoms with Crippen LogP contribution in [0, 0.1) is 0 Å². The van der Waals surface area contributed by atoms with Gasteiger partial charge in [0, 0.05) is 48.5 Å². The van der Waals surface area contributed by atoms with Crippen molar-refractivity contribution in [1.29, 1.82) is 0 Å². The Morgan fingerprint density at radius 3 is 2.27 bits per heavy atom. The largest absolute Gasteiger partial charge is 0.481 e. The number of anilines is 2. The molecule has 1 N–H and O–H groups in total. The lowest BCUT2D eigenvalue weighted by Gasteiger charge is -2.39. The summed E-state index contributed by atoms with van der Waals surface area (Å²) in [6, 6.07) is 20.5. The highest BCUT2D eigenvalue weighted by atomic mass is 16.5. The summed E-state index contributed by atoms with van der Waals surface area (Å²) >= 11 is 0. The summed E-state index contributed by atoms with van der Waals surface area (Å²) in [6.45, 7) is 1.58. The fourth-order valence-electron chi connectivity index (χ4n) is 4.34. The molecule has 2 unspecified atom stereocenters. The zero-order valence-electron chi connectivity index (χ0n) is 18.9. The van der Waals surface area contributed by atoms with E-state index in [4.69, 9.17) is 9.47 Å². The van der Waals surface area contributed by atoms with Crippen LogP contribution in [0.5, 0.6) is 11.8 Å². The second kappa shape index (κ2) is 9.73. The molecule has 1 aliphatic rings. The minimum atomic E-state index is -0.193. The van der Waals surface area contributed by atoms with Gasteiger partial charge in [0.1, 0.15) is 0 Å². The van der Waals surface area contributed by atoms with Crippen molar-refractivity contribution in [2.75, 3.05) is 24.4 Å². The molecule has 33 heavy (non-hydrogen) atoms. The number of hydrogen-bond donors (Lipinski definition) is 1. The second-order valence-corrected chi connectivity index (χ2v) is 7.97. The molecular formula is C26H27N3O4. The van der Waals surface area contributed by atoms with Crippen molar-refractivity contribution in [3.05, 3.63) is 77.9 Å². The van der Waals surface area contributed by atoms with Gasteiger partial charge in [-0.2, -0.15) is 4.98 Å². The molecule has 2 atom stereocenters. The summed E-state index contributed by atoms with van der Waals surface area (Å²) in [4.78, 5) is 31.9. The first-order chi connectivity index (χ1) is 16.0. The molecule has 170 valence electrons. The average molecular weight is 446 g/mol. The molecule has 7 nitrogen and oxygen atoms in total. The Hall–Kier alpha value is -3.87. The molecule has 1 aromatic heterocycles. The van der Waals surface area contributed by atoms with Crippen LogP contribution in [0.1, 0.15) is 41.7 Å². The van der Waals surface area contributed by atoms with Crippen molar-refractivity contribution < 1.29 is 19.1 Å². The minimum Gasteiger partial charge on any atom is -0.481 e. The number of benzene rings is 2. The number of rotatable bonds is 7. The van der Waals surface area contributed by atoms with E-state index in [1.807, 2.05) is 59.5 Å². The van der Waals surface area contributed by atoms with E-state index in [2.05, 4.69) is 10.3 Å². The van der Waals surface area contributed by atoms with E-state index in [1.165, 1.54) is 14.2 Å². The van der Waals surface area contributed by atoms with Gasteiger partial charge in [0.15, 0.2) is 5.78 Å². The number of ketones is 1. The van der Waals surface area contributed by atoms with Crippen molar-refractivity contribution in [1.82, 2.24) is 4.98 Å². The molecule has 0 aliphatic carbocycles. The summed E-state index contributed by atoms with van der Waals surface area (Å²) in [5.41, 5.74) is 3.27. The second-order valence-electron chi connectivity index (χ2n) is 7.97. The van der Waals surface area contributed by atoms with Crippen LogP contribution in [0.15, 0.2) is 66.7 Å². The predicted molar refractivity (Wildman–Crippen MR) is 127 cm³/mol. The highest BCUT2D eigenvalue weighted by Gasteiger charge is 2.34. The standard InChI is InChI=1S/C26H27N3O4/c1-17(30)29(20-9-5-4-6-10-20)23-15-19(27-22-12-8-7-11-21(22)23)16-24(31)18-13-25(32-2)28-26(14-18)33-3/h4-14,19,23,27H,15-16H2,1-3H3. The number of Topliss-reactive ketones (excluding diaryl/α,β-unsaturated/α-hetero) is 1. The molecule has 0 radical (unpaired) electrons. The topological polar surface area (TPSA) is 80.8 Å². The van der Waals surface area contributed by atoms with E-state index in [1.54, 1.807) is 19.1 Å². The van der Waals surface area contributed by atoms with Crippen LogP contribution in [0.2, 0.25) is 0 Å². The highest BCUT2D eigenvalue weighted by molar-refractivity contribution is 5.97. The first-order valence-electron chi connectivity index (χ1n) is 10.8. The molecule has 4 rings (SSSR count). The lowest BCUT2D eigenvalue weighted by Crippen LogP contribution is -2.40. The third-order valence-electron chi connectivity index (χ3n) is 5.82. The van der Waals surface area contributed by atoms with Crippen LogP contribution in [0.3, 0.4) is 0 Å². The van der Waals surface area contributed by atoms with Gasteiger partial charge in [-0.1, -0.05) is 36.4 Å². The van der Waals surface area contributed by atoms with Gasteiger partial charge in [0.25, 0.3) is 0 Å². The summed E-state index contributed by atoms with van der Waals surface area (Å²) in [5, 5.41) is 3.49. The van der Waals surface area contributed by atoms with Gasteiger partial charge in [0.05, 0.1) is 20.3 Å². The molecule has 0 spiro atoms. The van der Waals surface area contributed by atoms with E-state index in [0.717, 1.165) is 16.9 Å². The van der Waals surface area contributed by atoms with Crippen LogP contribution in [0.4, 0.5) is 11.4 Å². The zero-order chi connectivity index (χ0) is 23.4. The van der Waals surface area contributed by atoms with E-state index >= 15 is 0 Å². The maximum atomic E-state index is 13.2. The fraction of sp³-hybridized carbons (Fsp3) is 0.269. The van der Waals surface area contributed by atoms with Crippen molar-refractivity contribution in [3.8, 4) is 11.8 Å². The van der Waals surface area contributed by atoms with Crippen LogP contribution < -0.4 is 19.7 Å². The number of nitrogens with one attached hydrogen (secondary N) is 1. The Balaban J connectivity index is 1.64. The number of carbonyl (C=O) groups is 2. The van der Waals surface area contributed by atoms with Crippen molar-refractivity contribution in [3.63, 3.8) is 0 Å². The van der Waals surface area contributed by atoms with E-state index < -0.39 is 0 Å². The van der Waals surface area contributed by atoms with Crippen molar-refractivity contribution in [2.45, 2.75) is 31.8 Å². The Labute approximate surface area is 193 Å². The van der Waals surface area contributed by atoms with Gasteiger partial charge in [-0.05, 0) is 30.2 Å². The quantitative estimate of drug-likeness (QED) is 0.533. The predicted octanol–water partition coefficient (Wildman–Crippen LogP) is 4.65. The maximum absolute atomic E-state index is 13.2. The monoisotopic (exact) mass is 445 g/mol. The van der Waals surface area contributed by atoms with Gasteiger partial charge in [-0.25, -0.2) is 0 Å². The number of pyridine rings is 1. The molecule has 1 aliphatic heterocycles. The van der Waals surface area contributed by atoms with Crippen molar-refractivity contribution >= 4 is 23.1 Å². The summed E-state index contributed by atoms with van der Waals surface area (Å²) in [6.07, 6.45) is 0.846. The number of fused-ring (bicyclic) bond motifs is 1. The van der Waals surface area contributed by atoms with Crippen LogP contribution >= 0.6 is 0 Å². The number of ether oxygens (including phenoxy) is 2. The lowest BCUT2D eigenvalue weighted by molar-refractivity contribution is -0.117. The molecule has 3 aromatic rings. The van der Waals surface area contributed by atoms with Gasteiger partial charge >= 0.3 is 0 Å². The molecule has 0 saturated carbocycles. The molecule has 0 saturated heterocycles. The number of para-hydroxylation sites is 2. The third kappa shape index (κ3) is 4.82. The number of hydrogen-bond acceptors (Lipinski definition) is 6. The molecule has 2 aromatic carbocycles. The molecule has 0 fully saturated rings. The lowest BCUT2D eigenvalue weighted by atomic mass is 9.88. The number of aromatic nitrogens is 1. The fourth-order valence-corrected chi connectivity index (χ4v) is 4.34. The van der Waals surface area contributed by atoms with Crippen LogP contribution in [0.25, 0.3) is 0 Å². The maximum Gasteiger partial charge on any atom is 0.224 e. The van der Waals surface area contributed by atoms with Gasteiger partial charge < -0.3 is 19.7 Å². The van der Waals surface area contributed by atoms with Gasteiger partial charge in [-0.15, -0.1) is 0 Å².